The predicted octanol–water partition coefficient (Wildman–Crippen LogP) is 2.13. The van der Waals surface area contributed by atoms with E-state index in [1.807, 2.05) is 13.8 Å². The second kappa shape index (κ2) is 5.45. The second-order valence-electron chi connectivity index (χ2n) is 5.92. The van der Waals surface area contributed by atoms with E-state index in [4.69, 9.17) is 9.05 Å². The van der Waals surface area contributed by atoms with Gasteiger partial charge in [-0.15, -0.1) is 0 Å². The zero-order chi connectivity index (χ0) is 15.9. The van der Waals surface area contributed by atoms with Gasteiger partial charge in [0.15, 0.2) is 21.5 Å². The molecule has 1 fully saturated rings. The Labute approximate surface area is 128 Å². The van der Waals surface area contributed by atoms with Gasteiger partial charge in [-0.1, -0.05) is 24.2 Å². The average molecular weight is 326 g/mol. The molecule has 1 aliphatic carbocycles. The lowest BCUT2D eigenvalue weighted by Gasteiger charge is -2.06. The third kappa shape index (κ3) is 3.03. The Kier molecular flexibility index (Phi) is 3.75. The Morgan fingerprint density at radius 3 is 2.45 bits per heavy atom. The van der Waals surface area contributed by atoms with Crippen molar-refractivity contribution in [2.24, 2.45) is 0 Å². The van der Waals surface area contributed by atoms with E-state index in [2.05, 4.69) is 20.3 Å². The van der Waals surface area contributed by atoms with Gasteiger partial charge in [-0.2, -0.15) is 9.97 Å². The smallest absolute Gasteiger partial charge is 0.244 e. The molecule has 0 amide bonds. The van der Waals surface area contributed by atoms with E-state index in [0.29, 0.717) is 17.6 Å². The fourth-order valence-electron chi connectivity index (χ4n) is 1.93. The normalized spacial score (nSPS) is 17.1. The summed E-state index contributed by atoms with van der Waals surface area (Å²) in [5.41, 5.74) is 0. The summed E-state index contributed by atoms with van der Waals surface area (Å²) in [4.78, 5) is 8.28. The van der Waals surface area contributed by atoms with Crippen LogP contribution in [0.15, 0.2) is 9.05 Å². The van der Waals surface area contributed by atoms with Gasteiger partial charge in [-0.25, -0.2) is 8.42 Å². The summed E-state index contributed by atoms with van der Waals surface area (Å²) in [5, 5.41) is 6.63. The molecule has 120 valence electrons. The number of nitrogens with zero attached hydrogens (tertiary/aromatic N) is 4. The molecular formula is C13H18N4O4S. The maximum atomic E-state index is 12.4. The number of hydrogen-bond donors (Lipinski definition) is 0. The molecule has 0 aromatic carbocycles. The molecule has 0 saturated heterocycles. The third-order valence-electron chi connectivity index (χ3n) is 3.60. The number of hydrogen-bond acceptors (Lipinski definition) is 8. The summed E-state index contributed by atoms with van der Waals surface area (Å²) in [6.45, 7) is 5.34. The zero-order valence-corrected chi connectivity index (χ0v) is 13.5. The Bertz CT molecular complexity index is 761. The molecule has 0 bridgehead atoms. The minimum atomic E-state index is -3.55. The van der Waals surface area contributed by atoms with Crippen molar-refractivity contribution >= 4 is 9.84 Å². The van der Waals surface area contributed by atoms with Gasteiger partial charge in [0, 0.05) is 11.8 Å². The molecular weight excluding hydrogens is 308 g/mol. The van der Waals surface area contributed by atoms with Crippen LogP contribution >= 0.6 is 0 Å². The standard InChI is InChI=1S/C13H18N4O4S/c1-7(2)11-15-12(20-17-11)8(3)22(18,19)6-10-14-13(21-16-10)9-4-5-9/h7-9H,4-6H2,1-3H3/t8-/m1/s1. The Hall–Kier alpha value is -1.77. The molecule has 0 N–H and O–H groups in total. The van der Waals surface area contributed by atoms with E-state index in [9.17, 15) is 8.42 Å². The van der Waals surface area contributed by atoms with Crippen molar-refractivity contribution in [3.8, 4) is 0 Å². The van der Waals surface area contributed by atoms with E-state index in [0.717, 1.165) is 12.8 Å². The van der Waals surface area contributed by atoms with Crippen LogP contribution in [0.2, 0.25) is 0 Å². The van der Waals surface area contributed by atoms with Crippen LogP contribution in [0.1, 0.15) is 74.1 Å². The maximum absolute atomic E-state index is 12.4. The SMILES string of the molecule is CC(C)c1noc([C@@H](C)S(=O)(=O)Cc2noc(C3CC3)n2)n1. The summed E-state index contributed by atoms with van der Waals surface area (Å²) < 4.78 is 35.0. The van der Waals surface area contributed by atoms with Crippen LogP contribution in [0.4, 0.5) is 0 Å². The fraction of sp³-hybridized carbons (Fsp3) is 0.692. The largest absolute Gasteiger partial charge is 0.339 e. The molecule has 2 aromatic rings. The van der Waals surface area contributed by atoms with Gasteiger partial charge in [0.05, 0.1) is 0 Å². The predicted molar refractivity (Wildman–Crippen MR) is 75.7 cm³/mol. The van der Waals surface area contributed by atoms with Crippen LogP contribution in [-0.4, -0.2) is 28.7 Å². The van der Waals surface area contributed by atoms with Crippen molar-refractivity contribution in [3.63, 3.8) is 0 Å². The lowest BCUT2D eigenvalue weighted by atomic mass is 10.2. The molecule has 2 aromatic heterocycles. The lowest BCUT2D eigenvalue weighted by Crippen LogP contribution is -2.14. The van der Waals surface area contributed by atoms with Crippen LogP contribution in [0, 0.1) is 0 Å². The van der Waals surface area contributed by atoms with Crippen molar-refractivity contribution in [1.29, 1.82) is 0 Å². The van der Waals surface area contributed by atoms with Gasteiger partial charge in [-0.3, -0.25) is 0 Å². The summed E-state index contributed by atoms with van der Waals surface area (Å²) in [7, 11) is -3.55. The van der Waals surface area contributed by atoms with Gasteiger partial charge in [0.2, 0.25) is 11.8 Å². The molecule has 8 nitrogen and oxygen atoms in total. The molecule has 0 aliphatic heterocycles. The summed E-state index contributed by atoms with van der Waals surface area (Å²) in [5.74, 6) is 1.36. The van der Waals surface area contributed by atoms with Crippen LogP contribution < -0.4 is 0 Å². The van der Waals surface area contributed by atoms with Gasteiger partial charge in [-0.05, 0) is 19.8 Å². The average Bonchev–Trinajstić information content (AvgIpc) is 3.00. The van der Waals surface area contributed by atoms with Crippen molar-refractivity contribution < 1.29 is 17.5 Å². The first kappa shape index (κ1) is 15.1. The lowest BCUT2D eigenvalue weighted by molar-refractivity contribution is 0.368. The molecule has 1 atom stereocenters. The Balaban J connectivity index is 1.75. The molecule has 3 rings (SSSR count). The quantitative estimate of drug-likeness (QED) is 0.793. The molecule has 1 saturated carbocycles. The molecule has 2 heterocycles. The topological polar surface area (TPSA) is 112 Å². The van der Waals surface area contributed by atoms with Gasteiger partial charge >= 0.3 is 0 Å². The number of rotatable bonds is 6. The summed E-state index contributed by atoms with van der Waals surface area (Å²) >= 11 is 0. The highest BCUT2D eigenvalue weighted by Gasteiger charge is 2.33. The van der Waals surface area contributed by atoms with Gasteiger partial charge in [0.25, 0.3) is 0 Å². The van der Waals surface area contributed by atoms with Gasteiger partial charge in [0.1, 0.15) is 11.0 Å². The Morgan fingerprint density at radius 2 is 1.86 bits per heavy atom. The van der Waals surface area contributed by atoms with E-state index >= 15 is 0 Å². The van der Waals surface area contributed by atoms with Crippen molar-refractivity contribution in [2.75, 3.05) is 0 Å². The van der Waals surface area contributed by atoms with Crippen molar-refractivity contribution in [2.45, 2.75) is 56.5 Å². The first-order valence-corrected chi connectivity index (χ1v) is 8.96. The van der Waals surface area contributed by atoms with Crippen molar-refractivity contribution in [3.05, 3.63) is 23.4 Å². The molecule has 0 radical (unpaired) electrons. The minimum Gasteiger partial charge on any atom is -0.339 e. The molecule has 0 spiro atoms. The molecule has 0 unspecified atom stereocenters. The van der Waals surface area contributed by atoms with E-state index < -0.39 is 15.1 Å². The highest BCUT2D eigenvalue weighted by Crippen LogP contribution is 2.39. The third-order valence-corrected chi connectivity index (χ3v) is 5.54. The first-order valence-electron chi connectivity index (χ1n) is 7.24. The summed E-state index contributed by atoms with van der Waals surface area (Å²) in [6.07, 6.45) is 2.04. The zero-order valence-electron chi connectivity index (χ0n) is 12.7. The molecule has 9 heteroatoms. The highest BCUT2D eigenvalue weighted by molar-refractivity contribution is 7.90. The molecule has 22 heavy (non-hydrogen) atoms. The maximum Gasteiger partial charge on any atom is 0.244 e. The monoisotopic (exact) mass is 326 g/mol. The van der Waals surface area contributed by atoms with E-state index in [1.54, 1.807) is 0 Å². The van der Waals surface area contributed by atoms with Crippen LogP contribution in [0.5, 0.6) is 0 Å². The fourth-order valence-corrected chi connectivity index (χ4v) is 3.06. The summed E-state index contributed by atoms with van der Waals surface area (Å²) in [6, 6.07) is 0. The number of aromatic nitrogens is 4. The van der Waals surface area contributed by atoms with Crippen molar-refractivity contribution in [1.82, 2.24) is 20.3 Å². The van der Waals surface area contributed by atoms with Crippen LogP contribution in [0.3, 0.4) is 0 Å². The van der Waals surface area contributed by atoms with E-state index in [-0.39, 0.29) is 23.4 Å². The minimum absolute atomic E-state index is 0.0747. The Morgan fingerprint density at radius 1 is 1.14 bits per heavy atom. The molecule has 1 aliphatic rings. The number of sulfone groups is 1. The second-order valence-corrected chi connectivity index (χ2v) is 8.24. The first-order chi connectivity index (χ1) is 10.4. The highest BCUT2D eigenvalue weighted by atomic mass is 32.2. The van der Waals surface area contributed by atoms with E-state index in [1.165, 1.54) is 6.92 Å². The van der Waals surface area contributed by atoms with Gasteiger partial charge < -0.3 is 9.05 Å². The van der Waals surface area contributed by atoms with Crippen LogP contribution in [0.25, 0.3) is 0 Å². The van der Waals surface area contributed by atoms with Crippen LogP contribution in [-0.2, 0) is 15.6 Å².